The minimum absolute atomic E-state index is 0.114. The van der Waals surface area contributed by atoms with Gasteiger partial charge in [0.15, 0.2) is 5.78 Å². The molecule has 194 valence electrons. The Kier molecular flexibility index (Phi) is 7.15. The lowest BCUT2D eigenvalue weighted by molar-refractivity contribution is -0.141. The number of carbonyl (C=O) groups is 3. The van der Waals surface area contributed by atoms with Crippen LogP contribution in [0, 0.1) is 6.92 Å². The van der Waals surface area contributed by atoms with Gasteiger partial charge in [-0.1, -0.05) is 23.7 Å². The maximum atomic E-state index is 13.5. The van der Waals surface area contributed by atoms with Gasteiger partial charge in [0.2, 0.25) is 11.8 Å². The fourth-order valence-corrected chi connectivity index (χ4v) is 4.85. The van der Waals surface area contributed by atoms with Gasteiger partial charge in [-0.2, -0.15) is 5.10 Å². The van der Waals surface area contributed by atoms with E-state index in [-0.39, 0.29) is 29.3 Å². The van der Waals surface area contributed by atoms with Crippen LogP contribution in [0.1, 0.15) is 42.5 Å². The van der Waals surface area contributed by atoms with E-state index in [1.807, 2.05) is 25.1 Å². The molecule has 0 radical (unpaired) electrons. The molecule has 4 heterocycles. The predicted molar refractivity (Wildman–Crippen MR) is 143 cm³/mol. The van der Waals surface area contributed by atoms with Gasteiger partial charge in [0.1, 0.15) is 35.1 Å². The molecule has 1 aromatic carbocycles. The lowest BCUT2D eigenvalue weighted by atomic mass is 10.0. The summed E-state index contributed by atoms with van der Waals surface area (Å²) in [4.78, 5) is 53.2. The number of anilines is 1. The first-order valence-electron chi connectivity index (χ1n) is 12.3. The number of hydrogen-bond donors (Lipinski definition) is 1. The molecule has 10 nitrogen and oxygen atoms in total. The molecule has 0 spiro atoms. The number of aromatic nitrogens is 5. The smallest absolute Gasteiger partial charge is 0.248 e. The molecular weight excluding hydrogens is 506 g/mol. The Hall–Kier alpha value is -4.18. The van der Waals surface area contributed by atoms with E-state index in [4.69, 9.17) is 11.6 Å². The van der Waals surface area contributed by atoms with Crippen LogP contribution in [-0.4, -0.2) is 59.8 Å². The Bertz CT molecular complexity index is 1530. The Morgan fingerprint density at radius 2 is 1.87 bits per heavy atom. The molecule has 38 heavy (non-hydrogen) atoms. The number of rotatable bonds is 6. The zero-order valence-electron chi connectivity index (χ0n) is 21.0. The van der Waals surface area contributed by atoms with Gasteiger partial charge in [-0.15, -0.1) is 0 Å². The average Bonchev–Trinajstić information content (AvgIpc) is 3.27. The standard InChI is InChI=1S/C27H26ClN7O3/c1-16(36)26-20-10-9-18(19-13-29-17(2)30-14-19)12-22(20)35(33-26)15-25(37)34-11-4-3-6-21(34)27(38)32-24-8-5-7-23(28)31-24/h5,7-10,12-14,21H,3-4,6,11,15H2,1-2H3,(H,31,32,38)/t21-/m0/s1. The first-order valence-corrected chi connectivity index (χ1v) is 12.7. The number of nitrogens with zero attached hydrogens (tertiary/aromatic N) is 6. The van der Waals surface area contributed by atoms with Crippen LogP contribution in [0.5, 0.6) is 0 Å². The molecule has 1 atom stereocenters. The van der Waals surface area contributed by atoms with Gasteiger partial charge in [-0.3, -0.25) is 19.1 Å². The van der Waals surface area contributed by atoms with Crippen molar-refractivity contribution in [3.8, 4) is 11.1 Å². The highest BCUT2D eigenvalue weighted by Crippen LogP contribution is 2.27. The van der Waals surface area contributed by atoms with Crippen molar-refractivity contribution >= 4 is 45.9 Å². The van der Waals surface area contributed by atoms with Crippen molar-refractivity contribution in [1.82, 2.24) is 29.6 Å². The Balaban J connectivity index is 1.43. The van der Waals surface area contributed by atoms with E-state index < -0.39 is 6.04 Å². The third kappa shape index (κ3) is 5.26. The average molecular weight is 532 g/mol. The van der Waals surface area contributed by atoms with E-state index >= 15 is 0 Å². The van der Waals surface area contributed by atoms with Gasteiger partial charge in [0.25, 0.3) is 0 Å². The molecule has 5 rings (SSSR count). The van der Waals surface area contributed by atoms with Gasteiger partial charge in [-0.25, -0.2) is 15.0 Å². The van der Waals surface area contributed by atoms with E-state index in [0.717, 1.165) is 24.0 Å². The first-order chi connectivity index (χ1) is 18.3. The number of amides is 2. The molecule has 0 unspecified atom stereocenters. The SMILES string of the molecule is CC(=O)c1nn(CC(=O)N2CCCC[C@H]2C(=O)Nc2cccc(Cl)n2)c2cc(-c3cnc(C)nc3)ccc12. The van der Waals surface area contributed by atoms with Crippen molar-refractivity contribution in [1.29, 1.82) is 0 Å². The van der Waals surface area contributed by atoms with Crippen molar-refractivity contribution in [3.05, 3.63) is 65.5 Å². The van der Waals surface area contributed by atoms with Crippen LogP contribution < -0.4 is 5.32 Å². The van der Waals surface area contributed by atoms with E-state index in [2.05, 4.69) is 25.4 Å². The zero-order chi connectivity index (χ0) is 26.8. The van der Waals surface area contributed by atoms with Crippen LogP contribution in [0.15, 0.2) is 48.8 Å². The lowest BCUT2D eigenvalue weighted by Crippen LogP contribution is -2.51. The first kappa shape index (κ1) is 25.5. The van der Waals surface area contributed by atoms with E-state index in [1.54, 1.807) is 35.5 Å². The molecule has 1 N–H and O–H groups in total. The molecule has 0 bridgehead atoms. The monoisotopic (exact) mass is 531 g/mol. The summed E-state index contributed by atoms with van der Waals surface area (Å²) in [5.41, 5.74) is 2.58. The number of nitrogens with one attached hydrogen (secondary N) is 1. The van der Waals surface area contributed by atoms with Gasteiger partial charge in [0.05, 0.1) is 5.52 Å². The fourth-order valence-electron chi connectivity index (χ4n) is 4.68. The number of pyridine rings is 1. The summed E-state index contributed by atoms with van der Waals surface area (Å²) in [6.45, 7) is 3.60. The second kappa shape index (κ2) is 10.7. The highest BCUT2D eigenvalue weighted by Gasteiger charge is 2.33. The number of hydrogen-bond acceptors (Lipinski definition) is 7. The minimum Gasteiger partial charge on any atom is -0.329 e. The van der Waals surface area contributed by atoms with Crippen LogP contribution in [-0.2, 0) is 16.1 Å². The predicted octanol–water partition coefficient (Wildman–Crippen LogP) is 4.07. The summed E-state index contributed by atoms with van der Waals surface area (Å²) >= 11 is 5.94. The Labute approximate surface area is 224 Å². The molecular formula is C27H26ClN7O3. The highest BCUT2D eigenvalue weighted by molar-refractivity contribution is 6.29. The molecule has 1 saturated heterocycles. The van der Waals surface area contributed by atoms with Crippen molar-refractivity contribution in [3.63, 3.8) is 0 Å². The zero-order valence-corrected chi connectivity index (χ0v) is 21.8. The molecule has 11 heteroatoms. The van der Waals surface area contributed by atoms with Gasteiger partial charge in [-0.05, 0) is 56.0 Å². The molecule has 0 aliphatic carbocycles. The maximum absolute atomic E-state index is 13.5. The van der Waals surface area contributed by atoms with Crippen LogP contribution in [0.4, 0.5) is 5.82 Å². The number of likely N-dealkylation sites (tertiary alicyclic amines) is 1. The number of piperidine rings is 1. The summed E-state index contributed by atoms with van der Waals surface area (Å²) < 4.78 is 1.54. The number of aryl methyl sites for hydroxylation is 1. The van der Waals surface area contributed by atoms with E-state index in [0.29, 0.717) is 41.2 Å². The van der Waals surface area contributed by atoms with Crippen molar-refractivity contribution < 1.29 is 14.4 Å². The van der Waals surface area contributed by atoms with Crippen molar-refractivity contribution in [2.45, 2.75) is 45.7 Å². The number of halogens is 1. The third-order valence-electron chi connectivity index (χ3n) is 6.58. The number of benzene rings is 1. The van der Waals surface area contributed by atoms with Gasteiger partial charge in [0, 0.05) is 36.8 Å². The molecule has 2 amide bonds. The summed E-state index contributed by atoms with van der Waals surface area (Å²) in [6.07, 6.45) is 5.61. The Morgan fingerprint density at radius 3 is 2.61 bits per heavy atom. The van der Waals surface area contributed by atoms with Gasteiger partial charge >= 0.3 is 0 Å². The number of Topliss-reactive ketones (excluding diaryl/α,β-unsaturated/α-hetero) is 1. The molecule has 1 aliphatic heterocycles. The lowest BCUT2D eigenvalue weighted by Gasteiger charge is -2.34. The minimum atomic E-state index is -0.647. The third-order valence-corrected chi connectivity index (χ3v) is 6.79. The van der Waals surface area contributed by atoms with Crippen LogP contribution in [0.3, 0.4) is 0 Å². The molecule has 0 saturated carbocycles. The van der Waals surface area contributed by atoms with Crippen LogP contribution in [0.2, 0.25) is 5.15 Å². The maximum Gasteiger partial charge on any atom is 0.248 e. The highest BCUT2D eigenvalue weighted by atomic mass is 35.5. The molecule has 1 aliphatic rings. The van der Waals surface area contributed by atoms with Gasteiger partial charge < -0.3 is 10.2 Å². The summed E-state index contributed by atoms with van der Waals surface area (Å²) in [6, 6.07) is 9.90. The molecule has 4 aromatic rings. The summed E-state index contributed by atoms with van der Waals surface area (Å²) in [5.74, 6) is 0.224. The number of ketones is 1. The molecule has 3 aromatic heterocycles. The summed E-state index contributed by atoms with van der Waals surface area (Å²) in [7, 11) is 0. The van der Waals surface area contributed by atoms with E-state index in [9.17, 15) is 14.4 Å². The van der Waals surface area contributed by atoms with Crippen LogP contribution in [0.25, 0.3) is 22.0 Å². The quantitative estimate of drug-likeness (QED) is 0.294. The normalized spacial score (nSPS) is 15.4. The second-order valence-corrected chi connectivity index (χ2v) is 9.63. The van der Waals surface area contributed by atoms with Crippen molar-refractivity contribution in [2.75, 3.05) is 11.9 Å². The Morgan fingerprint density at radius 1 is 1.08 bits per heavy atom. The molecule has 1 fully saturated rings. The van der Waals surface area contributed by atoms with E-state index in [1.165, 1.54) is 11.6 Å². The number of carbonyl (C=O) groups excluding carboxylic acids is 3. The summed E-state index contributed by atoms with van der Waals surface area (Å²) in [5, 5.41) is 8.18. The topological polar surface area (TPSA) is 123 Å². The second-order valence-electron chi connectivity index (χ2n) is 9.25. The largest absolute Gasteiger partial charge is 0.329 e. The van der Waals surface area contributed by atoms with Crippen LogP contribution >= 0.6 is 11.6 Å². The van der Waals surface area contributed by atoms with Crippen molar-refractivity contribution in [2.24, 2.45) is 0 Å². The number of fused-ring (bicyclic) bond motifs is 1. The fraction of sp³-hybridized carbons (Fsp3) is 0.296.